The van der Waals surface area contributed by atoms with Crippen LogP contribution < -0.4 is 10.6 Å². The van der Waals surface area contributed by atoms with E-state index in [1.54, 1.807) is 0 Å². The molecule has 9 nitrogen and oxygen atoms in total. The fourth-order valence-corrected chi connectivity index (χ4v) is 1.97. The normalized spacial score (nSPS) is 15.6. The van der Waals surface area contributed by atoms with Gasteiger partial charge in [0.1, 0.15) is 12.2 Å². The molecule has 0 heterocycles. The molecular formula is C19H34N2O7. The highest BCUT2D eigenvalue weighted by molar-refractivity contribution is 5.67. The molecule has 162 valence electrons. The van der Waals surface area contributed by atoms with Crippen LogP contribution in [0.25, 0.3) is 0 Å². The highest BCUT2D eigenvalue weighted by Gasteiger charge is 2.21. The van der Waals surface area contributed by atoms with Crippen molar-refractivity contribution in [3.05, 3.63) is 11.6 Å². The number of hydrogen-bond donors (Lipinski definition) is 2. The van der Waals surface area contributed by atoms with Crippen LogP contribution in [-0.4, -0.2) is 77.1 Å². The van der Waals surface area contributed by atoms with E-state index < -0.39 is 17.8 Å². The standard InChI is InChI=1S/C19H34N2O7/c1-15-13-16(15)14-27-17(22)20-5-7-24-9-11-26-12-10-25-8-6-21-18(23)28-19(2,3)4/h13,16H,5-12,14H2,1-4H3,(H,20,22)(H,21,23). The predicted molar refractivity (Wildman–Crippen MR) is 103 cm³/mol. The molecule has 1 rings (SSSR count). The van der Waals surface area contributed by atoms with Crippen LogP contribution in [0.3, 0.4) is 0 Å². The Labute approximate surface area is 167 Å². The molecule has 9 heteroatoms. The van der Waals surface area contributed by atoms with Crippen LogP contribution in [0, 0.1) is 5.92 Å². The van der Waals surface area contributed by atoms with Gasteiger partial charge in [-0.25, -0.2) is 9.59 Å². The molecule has 0 aromatic carbocycles. The predicted octanol–water partition coefficient (Wildman–Crippen LogP) is 1.86. The first kappa shape index (κ1) is 24.2. The molecule has 1 aliphatic rings. The maximum atomic E-state index is 11.4. The van der Waals surface area contributed by atoms with Crippen LogP contribution in [0.4, 0.5) is 9.59 Å². The Kier molecular flexibility index (Phi) is 11.5. The third kappa shape index (κ3) is 14.2. The number of carbonyl (C=O) groups excluding carboxylic acids is 2. The molecular weight excluding hydrogens is 368 g/mol. The van der Waals surface area contributed by atoms with Gasteiger partial charge in [-0.3, -0.25) is 0 Å². The number of hydrogen-bond acceptors (Lipinski definition) is 7. The maximum Gasteiger partial charge on any atom is 0.407 e. The summed E-state index contributed by atoms with van der Waals surface area (Å²) in [5.74, 6) is 0.323. The average Bonchev–Trinajstić information content (AvgIpc) is 3.31. The Balaban J connectivity index is 1.75. The van der Waals surface area contributed by atoms with Crippen LogP contribution in [-0.2, 0) is 23.7 Å². The number of nitrogens with one attached hydrogen (secondary N) is 2. The van der Waals surface area contributed by atoms with E-state index in [2.05, 4.69) is 16.7 Å². The molecule has 0 spiro atoms. The van der Waals surface area contributed by atoms with Crippen LogP contribution in [0.5, 0.6) is 0 Å². The summed E-state index contributed by atoms with van der Waals surface area (Å²) in [4.78, 5) is 22.8. The van der Waals surface area contributed by atoms with Crippen LogP contribution in [0.15, 0.2) is 11.6 Å². The summed E-state index contributed by atoms with van der Waals surface area (Å²) < 4.78 is 26.2. The Morgan fingerprint density at radius 2 is 1.36 bits per heavy atom. The van der Waals surface area contributed by atoms with Crippen molar-refractivity contribution in [1.82, 2.24) is 10.6 Å². The number of carbonyl (C=O) groups is 2. The molecule has 1 unspecified atom stereocenters. The zero-order valence-electron chi connectivity index (χ0n) is 17.4. The summed E-state index contributed by atoms with van der Waals surface area (Å²) >= 11 is 0. The minimum Gasteiger partial charge on any atom is -0.449 e. The van der Waals surface area contributed by atoms with Crippen molar-refractivity contribution in [3.63, 3.8) is 0 Å². The lowest BCUT2D eigenvalue weighted by Gasteiger charge is -2.19. The first-order valence-corrected chi connectivity index (χ1v) is 9.57. The third-order valence-corrected chi connectivity index (χ3v) is 3.51. The number of amides is 2. The minimum atomic E-state index is -0.507. The summed E-state index contributed by atoms with van der Waals surface area (Å²) in [5.41, 5.74) is 0.756. The summed E-state index contributed by atoms with van der Waals surface area (Å²) in [7, 11) is 0. The van der Waals surface area contributed by atoms with E-state index in [4.69, 9.17) is 23.7 Å². The van der Waals surface area contributed by atoms with Crippen molar-refractivity contribution >= 4 is 12.2 Å². The van der Waals surface area contributed by atoms with Gasteiger partial charge in [-0.15, -0.1) is 0 Å². The maximum absolute atomic E-state index is 11.4. The Morgan fingerprint density at radius 1 is 0.893 bits per heavy atom. The molecule has 1 atom stereocenters. The lowest BCUT2D eigenvalue weighted by atomic mass is 10.2. The SMILES string of the molecule is CC1=CC1COC(=O)NCCOCCOCCOCCNC(=O)OC(C)(C)C. The van der Waals surface area contributed by atoms with E-state index >= 15 is 0 Å². The largest absolute Gasteiger partial charge is 0.449 e. The van der Waals surface area contributed by atoms with E-state index in [1.807, 2.05) is 27.7 Å². The van der Waals surface area contributed by atoms with E-state index in [9.17, 15) is 9.59 Å². The van der Waals surface area contributed by atoms with Crippen molar-refractivity contribution in [1.29, 1.82) is 0 Å². The molecule has 0 aromatic rings. The fraction of sp³-hybridized carbons (Fsp3) is 0.789. The van der Waals surface area contributed by atoms with E-state index in [0.717, 1.165) is 0 Å². The van der Waals surface area contributed by atoms with Crippen LogP contribution >= 0.6 is 0 Å². The molecule has 28 heavy (non-hydrogen) atoms. The van der Waals surface area contributed by atoms with Crippen molar-refractivity contribution < 1.29 is 33.3 Å². The molecule has 0 radical (unpaired) electrons. The summed E-state index contributed by atoms with van der Waals surface area (Å²) in [6.45, 7) is 11.1. The van der Waals surface area contributed by atoms with Crippen molar-refractivity contribution in [2.24, 2.45) is 5.92 Å². The van der Waals surface area contributed by atoms with Gasteiger partial charge in [0, 0.05) is 19.0 Å². The number of rotatable bonds is 14. The monoisotopic (exact) mass is 402 g/mol. The molecule has 1 aliphatic carbocycles. The van der Waals surface area contributed by atoms with Gasteiger partial charge < -0.3 is 34.3 Å². The number of alkyl carbamates (subject to hydrolysis) is 2. The molecule has 0 saturated carbocycles. The van der Waals surface area contributed by atoms with Crippen molar-refractivity contribution in [2.75, 3.05) is 59.3 Å². The molecule has 2 amide bonds. The lowest BCUT2D eigenvalue weighted by Crippen LogP contribution is -2.34. The number of ether oxygens (including phenoxy) is 5. The van der Waals surface area contributed by atoms with Crippen LogP contribution in [0.1, 0.15) is 27.7 Å². The Hall–Kier alpha value is -1.84. The lowest BCUT2D eigenvalue weighted by molar-refractivity contribution is 0.0145. The van der Waals surface area contributed by atoms with Crippen molar-refractivity contribution in [2.45, 2.75) is 33.3 Å². The Bertz CT molecular complexity index is 503. The van der Waals surface area contributed by atoms with Gasteiger partial charge in [-0.05, 0) is 27.7 Å². The van der Waals surface area contributed by atoms with Gasteiger partial charge in [0.15, 0.2) is 0 Å². The zero-order chi connectivity index (χ0) is 20.8. The zero-order valence-corrected chi connectivity index (χ0v) is 17.4. The second-order valence-corrected chi connectivity index (χ2v) is 7.31. The highest BCUT2D eigenvalue weighted by Crippen LogP contribution is 2.27. The quantitative estimate of drug-likeness (QED) is 0.338. The second kappa shape index (κ2) is 13.4. The van der Waals surface area contributed by atoms with Gasteiger partial charge in [0.2, 0.25) is 0 Å². The van der Waals surface area contributed by atoms with E-state index in [0.29, 0.717) is 65.3 Å². The highest BCUT2D eigenvalue weighted by atomic mass is 16.6. The third-order valence-electron chi connectivity index (χ3n) is 3.51. The second-order valence-electron chi connectivity index (χ2n) is 7.31. The van der Waals surface area contributed by atoms with Crippen molar-refractivity contribution in [3.8, 4) is 0 Å². The summed E-state index contributed by atoms with van der Waals surface area (Å²) in [6, 6.07) is 0. The molecule has 2 N–H and O–H groups in total. The topological polar surface area (TPSA) is 104 Å². The first-order valence-electron chi connectivity index (χ1n) is 9.57. The van der Waals surface area contributed by atoms with Crippen LogP contribution in [0.2, 0.25) is 0 Å². The molecule has 0 aliphatic heterocycles. The van der Waals surface area contributed by atoms with Gasteiger partial charge in [0.25, 0.3) is 0 Å². The molecule has 0 saturated heterocycles. The minimum absolute atomic E-state index is 0.323. The van der Waals surface area contributed by atoms with Gasteiger partial charge in [0.05, 0.1) is 39.6 Å². The Morgan fingerprint density at radius 3 is 1.82 bits per heavy atom. The molecule has 0 fully saturated rings. The first-order chi connectivity index (χ1) is 13.3. The van der Waals surface area contributed by atoms with Gasteiger partial charge in [-0.2, -0.15) is 0 Å². The molecule has 0 bridgehead atoms. The molecule has 0 aromatic heterocycles. The van der Waals surface area contributed by atoms with E-state index in [-0.39, 0.29) is 0 Å². The summed E-state index contributed by atoms with van der Waals surface area (Å²) in [5, 5.41) is 5.23. The van der Waals surface area contributed by atoms with Gasteiger partial charge in [-0.1, -0.05) is 11.6 Å². The van der Waals surface area contributed by atoms with E-state index in [1.165, 1.54) is 5.57 Å². The smallest absolute Gasteiger partial charge is 0.407 e. The summed E-state index contributed by atoms with van der Waals surface area (Å²) in [6.07, 6.45) is 1.18. The fourth-order valence-electron chi connectivity index (χ4n) is 1.97. The average molecular weight is 402 g/mol. The van der Waals surface area contributed by atoms with Gasteiger partial charge >= 0.3 is 12.2 Å².